The largest absolute Gasteiger partial charge is 0.432 e. The summed E-state index contributed by atoms with van der Waals surface area (Å²) in [6.07, 6.45) is -39.2. The third-order valence-electron chi connectivity index (χ3n) is 29.4. The monoisotopic (exact) mass is 1680 g/mol. The van der Waals surface area contributed by atoms with Gasteiger partial charge < -0.3 is 168 Å². The zero-order chi connectivity index (χ0) is 85.1. The molecule has 41 atom stereocenters. The number of carbonyl (C=O) groups is 3. The second kappa shape index (κ2) is 37.3. The van der Waals surface area contributed by atoms with Crippen molar-refractivity contribution in [3.63, 3.8) is 0 Å². The molecule has 19 N–H and O–H groups in total. The van der Waals surface area contributed by atoms with E-state index in [1.165, 1.54) is 33.1 Å². The van der Waals surface area contributed by atoms with Gasteiger partial charge in [0.2, 0.25) is 6.29 Å². The molecular formula is C81H133NO35. The number of esters is 1. The Morgan fingerprint density at radius 3 is 1.78 bits per heavy atom. The van der Waals surface area contributed by atoms with Crippen LogP contribution in [0.15, 0.2) is 11.6 Å². The van der Waals surface area contributed by atoms with Gasteiger partial charge in [0.25, 0.3) is 5.91 Å². The van der Waals surface area contributed by atoms with Gasteiger partial charge in [0, 0.05) is 6.54 Å². The van der Waals surface area contributed by atoms with E-state index in [0.29, 0.717) is 44.9 Å². The minimum atomic E-state index is -2.10. The van der Waals surface area contributed by atoms with Gasteiger partial charge in [0.1, 0.15) is 133 Å². The van der Waals surface area contributed by atoms with E-state index in [4.69, 9.17) is 66.3 Å². The molecule has 36 nitrogen and oxygen atoms in total. The maximum Gasteiger partial charge on any atom is 0.317 e. The lowest BCUT2D eigenvalue weighted by atomic mass is 9.33. The van der Waals surface area contributed by atoms with Crippen LogP contribution in [0, 0.1) is 50.2 Å². The lowest BCUT2D eigenvalue weighted by Gasteiger charge is -2.71. The highest BCUT2D eigenvalue weighted by molar-refractivity contribution is 5.82. The zero-order valence-corrected chi connectivity index (χ0v) is 68.5. The average molecular weight is 1680 g/mol. The Balaban J connectivity index is 0.778. The van der Waals surface area contributed by atoms with E-state index in [1.54, 1.807) is 6.92 Å². The predicted molar refractivity (Wildman–Crippen MR) is 399 cm³/mol. The van der Waals surface area contributed by atoms with Crippen molar-refractivity contribution in [2.24, 2.45) is 50.2 Å². The smallest absolute Gasteiger partial charge is 0.317 e. The molecule has 12 aliphatic rings. The number of fused-ring (bicyclic) bond motifs is 7. The molecule has 4 unspecified atom stereocenters. The summed E-state index contributed by atoms with van der Waals surface area (Å²) < 4.78 is 85.4. The maximum absolute atomic E-state index is 15.9. The van der Waals surface area contributed by atoms with Gasteiger partial charge in [-0.05, 0) is 117 Å². The number of aliphatic hydroxyl groups is 18. The van der Waals surface area contributed by atoms with Crippen LogP contribution >= 0.6 is 0 Å². The number of aliphatic hydroxyl groups excluding tert-OH is 17. The van der Waals surface area contributed by atoms with E-state index < -0.39 is 291 Å². The van der Waals surface area contributed by atoms with Gasteiger partial charge in [-0.2, -0.15) is 0 Å². The lowest BCUT2D eigenvalue weighted by molar-refractivity contribution is -0.391. The third kappa shape index (κ3) is 17.7. The SMILES string of the molecule is CCCCCCCCCCCCNC(=O)[C@H]1O[C@@H](O[C@H]2CC[C@@]3(C)C(CC[C@]4(C)C3CC=C3C5CC(C)(C)CC[C@]5(C(=O)O[C@H]5O[C@@H](C)[C@@H](O)[C@@H](O)[C@@H]5O[C@@H]5O[C@@H](C)[C@H](O[C@@H]6OC[C@@H](O)[C@H](OC7OC[C@](O)(CO)[C@H]7O)[C@H]6O)[C@@H](O)[C@H]5O)[C@H](O)C[C@]34C)[C@]2(C)C=O)[C@H](O[C@@H]2O[C@H](CO)[C@H](O)[C@H](O)[C@H]2O)[C@@H](O[C@H]2OC[C@@H](O)[C@H](O)[C@H]2O)[C@@H]1O. The third-order valence-corrected chi connectivity index (χ3v) is 29.4. The highest BCUT2D eigenvalue weighted by Crippen LogP contribution is 2.76. The summed E-state index contributed by atoms with van der Waals surface area (Å²) in [6, 6.07) is 0. The molecule has 4 saturated carbocycles. The number of hydrogen-bond acceptors (Lipinski definition) is 35. The molecule has 672 valence electrons. The molecule has 7 heterocycles. The van der Waals surface area contributed by atoms with Crippen LogP contribution in [0.2, 0.25) is 0 Å². The summed E-state index contributed by atoms with van der Waals surface area (Å²) in [5, 5.41) is 205. The van der Waals surface area contributed by atoms with Crippen molar-refractivity contribution >= 4 is 18.2 Å². The van der Waals surface area contributed by atoms with Crippen molar-refractivity contribution in [3.8, 4) is 0 Å². The Bertz CT molecular complexity index is 3330. The highest BCUT2D eigenvalue weighted by atomic mass is 16.8. The van der Waals surface area contributed by atoms with Crippen molar-refractivity contribution in [1.29, 1.82) is 0 Å². The van der Waals surface area contributed by atoms with E-state index >= 15 is 4.79 Å². The molecule has 1 amide bonds. The van der Waals surface area contributed by atoms with Crippen molar-refractivity contribution in [2.75, 3.05) is 39.6 Å². The first-order chi connectivity index (χ1) is 55.2. The van der Waals surface area contributed by atoms with Crippen LogP contribution in [0.3, 0.4) is 0 Å². The number of unbranched alkanes of at least 4 members (excludes halogenated alkanes) is 9. The van der Waals surface area contributed by atoms with E-state index in [-0.39, 0.29) is 31.7 Å². The van der Waals surface area contributed by atoms with Crippen LogP contribution in [-0.2, 0) is 80.7 Å². The first-order valence-electron chi connectivity index (χ1n) is 42.4. The van der Waals surface area contributed by atoms with Crippen molar-refractivity contribution in [1.82, 2.24) is 5.32 Å². The van der Waals surface area contributed by atoms with Crippen LogP contribution in [0.25, 0.3) is 0 Å². The van der Waals surface area contributed by atoms with Gasteiger partial charge >= 0.3 is 5.97 Å². The fraction of sp³-hybridized carbons (Fsp3) is 0.938. The number of nitrogens with one attached hydrogen (secondary N) is 1. The molecule has 7 aliphatic heterocycles. The van der Waals surface area contributed by atoms with Crippen LogP contribution < -0.4 is 5.32 Å². The maximum atomic E-state index is 15.9. The van der Waals surface area contributed by atoms with E-state index in [9.17, 15) is 102 Å². The first kappa shape index (κ1) is 93.3. The Morgan fingerprint density at radius 2 is 1.12 bits per heavy atom. The van der Waals surface area contributed by atoms with Crippen LogP contribution in [-0.4, -0.2) is 352 Å². The molecule has 0 bridgehead atoms. The summed E-state index contributed by atoms with van der Waals surface area (Å²) in [5.41, 5.74) is -6.78. The average Bonchev–Trinajstić information content (AvgIpc) is 0.997. The van der Waals surface area contributed by atoms with Crippen LogP contribution in [0.5, 0.6) is 0 Å². The molecule has 7 saturated heterocycles. The Hall–Kier alpha value is -2.89. The standard InChI is InChI=1S/C81H133NO35/c1-10-11-12-13-14-15-16-17-18-19-28-82-66(101)62-57(98)61(113-67-54(95)49(90)41(86)32-104-67)64(116-70-55(96)51(92)50(91)43(31-83)109-70)72(114-62)110-47-23-24-76(6)44(77(47,7)34-84)22-25-78(8)45(76)21-20-39-40-29-75(4,5)26-27-81(40,46(88)30-79(39,78)9)74(102)117-71-63(52(93)48(89)37(2)107-71)115-69-56(97)53(94)59(38(3)108-69)111-68-58(99)60(42(87)33-105-68)112-73-65(100)80(103,35-85)36-106-73/h20,34,37-38,40-65,67-73,83,85-100,103H,10-19,21-33,35-36H2,1-9H3,(H,82,101)/t37-,38-,40?,41+,42+,43+,44?,45?,46+,47-,48+,49-,50-,51-,52+,53-,54+,55+,56+,57-,58+,59-,60-,61-,62-,63-,64+,65-,67+,68-,69-,70-,71+,72+,73?,76-,77-,78+,79+,80+,81+/m0/s1. The van der Waals surface area contributed by atoms with Crippen molar-refractivity contribution in [2.45, 2.75) is 387 Å². The molecule has 12 rings (SSSR count). The number of allylic oxidation sites excluding steroid dienone is 2. The second-order valence-corrected chi connectivity index (χ2v) is 37.4. The summed E-state index contributed by atoms with van der Waals surface area (Å²) in [6.45, 7) is 14.3. The molecule has 5 aliphatic carbocycles. The Kier molecular flexibility index (Phi) is 29.8. The Labute approximate surface area is 681 Å². The number of carbonyl (C=O) groups excluding carboxylic acids is 3. The summed E-state index contributed by atoms with van der Waals surface area (Å²) >= 11 is 0. The molecule has 117 heavy (non-hydrogen) atoms. The predicted octanol–water partition coefficient (Wildman–Crippen LogP) is -2.39. The highest BCUT2D eigenvalue weighted by Gasteiger charge is 2.73. The fourth-order valence-corrected chi connectivity index (χ4v) is 21.9. The summed E-state index contributed by atoms with van der Waals surface area (Å²) in [7, 11) is 0. The quantitative estimate of drug-likeness (QED) is 0.0122. The van der Waals surface area contributed by atoms with Crippen LogP contribution in [0.1, 0.15) is 184 Å². The normalized spacial score (nSPS) is 50.5. The molecule has 0 aromatic rings. The van der Waals surface area contributed by atoms with Crippen molar-refractivity contribution < 1.29 is 173 Å². The van der Waals surface area contributed by atoms with Gasteiger partial charge in [-0.1, -0.05) is 118 Å². The van der Waals surface area contributed by atoms with Crippen LogP contribution in [0.4, 0.5) is 0 Å². The number of amides is 1. The molecule has 36 heteroatoms. The molecule has 0 aromatic heterocycles. The van der Waals surface area contributed by atoms with Gasteiger partial charge in [0.15, 0.2) is 49.9 Å². The number of aldehydes is 1. The lowest BCUT2D eigenvalue weighted by Crippen LogP contribution is -2.70. The molecular weight excluding hydrogens is 1550 g/mol. The minimum absolute atomic E-state index is 0.0598. The van der Waals surface area contributed by atoms with E-state index in [2.05, 4.69) is 52.9 Å². The van der Waals surface area contributed by atoms with E-state index in [1.807, 2.05) is 0 Å². The molecule has 0 spiro atoms. The number of rotatable bonds is 29. The number of hydrogen-bond donors (Lipinski definition) is 19. The first-order valence-corrected chi connectivity index (χ1v) is 42.4. The molecule has 0 aromatic carbocycles. The van der Waals surface area contributed by atoms with Gasteiger partial charge in [-0.3, -0.25) is 9.59 Å². The summed E-state index contributed by atoms with van der Waals surface area (Å²) in [5.74, 6) is -3.03. The van der Waals surface area contributed by atoms with Gasteiger partial charge in [-0.15, -0.1) is 0 Å². The van der Waals surface area contributed by atoms with Gasteiger partial charge in [-0.25, -0.2) is 0 Å². The molecule has 11 fully saturated rings. The number of ether oxygens (including phenoxy) is 14. The Morgan fingerprint density at radius 1 is 0.530 bits per heavy atom. The second-order valence-electron chi connectivity index (χ2n) is 37.4. The van der Waals surface area contributed by atoms with E-state index in [0.717, 1.165) is 50.4 Å². The fourth-order valence-electron chi connectivity index (χ4n) is 21.9. The minimum Gasteiger partial charge on any atom is -0.432 e. The summed E-state index contributed by atoms with van der Waals surface area (Å²) in [4.78, 5) is 45.0. The topological polar surface area (TPSA) is 557 Å². The molecule has 0 radical (unpaired) electrons. The zero-order valence-electron chi connectivity index (χ0n) is 68.5. The van der Waals surface area contributed by atoms with Gasteiger partial charge in [0.05, 0.1) is 62.9 Å². The van der Waals surface area contributed by atoms with Crippen molar-refractivity contribution in [3.05, 3.63) is 11.6 Å².